The largest absolute Gasteiger partial charge is 0.339 e. The van der Waals surface area contributed by atoms with E-state index in [1.807, 2.05) is 25.8 Å². The lowest BCUT2D eigenvalue weighted by atomic mass is 9.93. The summed E-state index contributed by atoms with van der Waals surface area (Å²) in [5.41, 5.74) is 0.442. The normalized spacial score (nSPS) is 16.5. The van der Waals surface area contributed by atoms with Gasteiger partial charge < -0.3 is 10.2 Å². The minimum atomic E-state index is -3.59. The second-order valence-electron chi connectivity index (χ2n) is 7.27. The van der Waals surface area contributed by atoms with Crippen LogP contribution in [0.2, 0.25) is 0 Å². The summed E-state index contributed by atoms with van der Waals surface area (Å²) in [6.07, 6.45) is 3.14. The first-order valence-corrected chi connectivity index (χ1v) is 10.7. The van der Waals surface area contributed by atoms with Crippen molar-refractivity contribution in [2.75, 3.05) is 33.7 Å². The minimum Gasteiger partial charge on any atom is -0.339 e. The molecule has 146 valence electrons. The lowest BCUT2D eigenvalue weighted by Crippen LogP contribution is -2.39. The van der Waals surface area contributed by atoms with Gasteiger partial charge in [-0.25, -0.2) is 8.42 Å². The topological polar surface area (TPSA) is 69.7 Å². The number of piperidine rings is 1. The van der Waals surface area contributed by atoms with Crippen LogP contribution in [0.15, 0.2) is 29.2 Å². The maximum atomic E-state index is 12.8. The molecule has 7 heteroatoms. The Labute approximate surface area is 157 Å². The number of benzene rings is 1. The van der Waals surface area contributed by atoms with Crippen LogP contribution in [-0.4, -0.2) is 63.3 Å². The van der Waals surface area contributed by atoms with Crippen molar-refractivity contribution in [1.29, 1.82) is 0 Å². The second-order valence-corrected chi connectivity index (χ2v) is 9.27. The van der Waals surface area contributed by atoms with E-state index < -0.39 is 10.0 Å². The summed E-state index contributed by atoms with van der Waals surface area (Å²) >= 11 is 0. The molecule has 0 aliphatic carbocycles. The van der Waals surface area contributed by atoms with Crippen LogP contribution < -0.4 is 5.32 Å². The van der Waals surface area contributed by atoms with Crippen LogP contribution in [0.1, 0.15) is 43.5 Å². The van der Waals surface area contributed by atoms with Crippen LogP contribution in [0.5, 0.6) is 0 Å². The molecule has 1 amide bonds. The fourth-order valence-electron chi connectivity index (χ4n) is 3.19. The summed E-state index contributed by atoms with van der Waals surface area (Å²) in [7, 11) is -0.0737. The number of rotatable bonds is 7. The molecule has 6 nitrogen and oxygen atoms in total. The smallest absolute Gasteiger partial charge is 0.253 e. The Morgan fingerprint density at radius 3 is 2.54 bits per heavy atom. The molecule has 0 radical (unpaired) electrons. The Kier molecular flexibility index (Phi) is 7.20. The third-order valence-electron chi connectivity index (χ3n) is 5.19. The molecule has 26 heavy (non-hydrogen) atoms. The van der Waals surface area contributed by atoms with Gasteiger partial charge in [-0.3, -0.25) is 4.79 Å². The number of sulfonamides is 1. The molecule has 0 spiro atoms. The van der Waals surface area contributed by atoms with Gasteiger partial charge in [-0.05, 0) is 70.8 Å². The Morgan fingerprint density at radius 2 is 1.96 bits per heavy atom. The summed E-state index contributed by atoms with van der Waals surface area (Å²) in [5.74, 6) is 0.569. The molecule has 2 rings (SSSR count). The second kappa shape index (κ2) is 8.97. The Bertz CT molecular complexity index is 710. The first-order chi connectivity index (χ1) is 12.3. The Balaban J connectivity index is 2.10. The third kappa shape index (κ3) is 4.84. The van der Waals surface area contributed by atoms with Gasteiger partial charge in [0.1, 0.15) is 0 Å². The zero-order valence-electron chi connectivity index (χ0n) is 16.2. The fourth-order valence-corrected chi connectivity index (χ4v) is 4.60. The number of nitrogens with one attached hydrogen (secondary N) is 1. The van der Waals surface area contributed by atoms with E-state index in [9.17, 15) is 13.2 Å². The van der Waals surface area contributed by atoms with Crippen molar-refractivity contribution < 1.29 is 13.2 Å². The number of hydrogen-bond acceptors (Lipinski definition) is 4. The van der Waals surface area contributed by atoms with E-state index in [1.54, 1.807) is 25.2 Å². The highest BCUT2D eigenvalue weighted by Crippen LogP contribution is 2.23. The van der Waals surface area contributed by atoms with Crippen LogP contribution in [0.3, 0.4) is 0 Å². The molecule has 1 aliphatic heterocycles. The summed E-state index contributed by atoms with van der Waals surface area (Å²) in [6, 6.07) is 6.26. The van der Waals surface area contributed by atoms with Gasteiger partial charge >= 0.3 is 0 Å². The van der Waals surface area contributed by atoms with Gasteiger partial charge in [0.05, 0.1) is 4.90 Å². The maximum absolute atomic E-state index is 12.8. The molecular weight excluding hydrogens is 350 g/mol. The third-order valence-corrected chi connectivity index (χ3v) is 7.22. The average molecular weight is 382 g/mol. The fraction of sp³-hybridized carbons (Fsp3) is 0.632. The van der Waals surface area contributed by atoms with Crippen molar-refractivity contribution in [3.63, 3.8) is 0 Å². The highest BCUT2D eigenvalue weighted by molar-refractivity contribution is 7.89. The van der Waals surface area contributed by atoms with Crippen molar-refractivity contribution >= 4 is 15.9 Å². The van der Waals surface area contributed by atoms with Crippen LogP contribution in [0, 0.1) is 5.92 Å². The summed E-state index contributed by atoms with van der Waals surface area (Å²) in [4.78, 5) is 14.8. The number of likely N-dealkylation sites (tertiary alicyclic amines) is 1. The van der Waals surface area contributed by atoms with Gasteiger partial charge in [0, 0.05) is 31.7 Å². The Morgan fingerprint density at radius 1 is 1.31 bits per heavy atom. The summed E-state index contributed by atoms with van der Waals surface area (Å²) in [6.45, 7) is 6.11. The van der Waals surface area contributed by atoms with Crippen LogP contribution in [0.25, 0.3) is 0 Å². The number of hydrogen-bond donors (Lipinski definition) is 1. The van der Waals surface area contributed by atoms with Crippen molar-refractivity contribution in [1.82, 2.24) is 14.5 Å². The molecule has 0 unspecified atom stereocenters. The molecule has 1 N–H and O–H groups in total. The number of carbonyl (C=O) groups is 1. The maximum Gasteiger partial charge on any atom is 0.253 e. The first kappa shape index (κ1) is 20.9. The van der Waals surface area contributed by atoms with Gasteiger partial charge in [0.15, 0.2) is 0 Å². The monoisotopic (exact) mass is 381 g/mol. The lowest BCUT2D eigenvalue weighted by Gasteiger charge is -2.32. The molecule has 1 fully saturated rings. The van der Waals surface area contributed by atoms with Crippen molar-refractivity contribution in [2.45, 2.75) is 44.0 Å². The summed E-state index contributed by atoms with van der Waals surface area (Å²) in [5, 5.41) is 3.17. The molecule has 1 aromatic carbocycles. The van der Waals surface area contributed by atoms with E-state index in [2.05, 4.69) is 5.32 Å². The molecule has 0 bridgehead atoms. The van der Waals surface area contributed by atoms with E-state index in [4.69, 9.17) is 0 Å². The number of amides is 1. The minimum absolute atomic E-state index is 0.0821. The molecule has 0 aromatic heterocycles. The van der Waals surface area contributed by atoms with Gasteiger partial charge in [0.2, 0.25) is 10.0 Å². The quantitative estimate of drug-likeness (QED) is 0.786. The van der Waals surface area contributed by atoms with E-state index in [-0.39, 0.29) is 16.8 Å². The molecular formula is C19H31N3O3S. The van der Waals surface area contributed by atoms with Crippen LogP contribution in [0.4, 0.5) is 0 Å². The van der Waals surface area contributed by atoms with E-state index in [0.29, 0.717) is 11.5 Å². The highest BCUT2D eigenvalue weighted by Gasteiger charge is 2.26. The highest BCUT2D eigenvalue weighted by atomic mass is 32.2. The SMILES string of the molecule is CNCCC1CCN(C(=O)c2cccc(S(=O)(=O)N(C)C(C)C)c2)CC1. The zero-order valence-corrected chi connectivity index (χ0v) is 17.1. The summed E-state index contributed by atoms with van der Waals surface area (Å²) < 4.78 is 26.6. The van der Waals surface area contributed by atoms with Gasteiger partial charge in [0.25, 0.3) is 5.91 Å². The van der Waals surface area contributed by atoms with Crippen molar-refractivity contribution in [3.05, 3.63) is 29.8 Å². The zero-order chi connectivity index (χ0) is 19.3. The molecule has 1 saturated heterocycles. The number of nitrogens with zero attached hydrogens (tertiary/aromatic N) is 2. The lowest BCUT2D eigenvalue weighted by molar-refractivity contribution is 0.0687. The van der Waals surface area contributed by atoms with Gasteiger partial charge in [-0.1, -0.05) is 6.07 Å². The molecule has 0 saturated carbocycles. The van der Waals surface area contributed by atoms with E-state index in [1.165, 1.54) is 10.4 Å². The number of carbonyl (C=O) groups excluding carboxylic acids is 1. The molecule has 1 heterocycles. The van der Waals surface area contributed by atoms with E-state index in [0.717, 1.165) is 38.9 Å². The average Bonchev–Trinajstić information content (AvgIpc) is 2.65. The van der Waals surface area contributed by atoms with Crippen molar-refractivity contribution in [2.24, 2.45) is 5.92 Å². The predicted octanol–water partition coefficient (Wildman–Crippen LogP) is 2.18. The van der Waals surface area contributed by atoms with Gasteiger partial charge in [-0.2, -0.15) is 4.31 Å². The Hall–Kier alpha value is -1.44. The molecule has 1 aromatic rings. The van der Waals surface area contributed by atoms with E-state index >= 15 is 0 Å². The van der Waals surface area contributed by atoms with Crippen LogP contribution >= 0.6 is 0 Å². The molecule has 1 aliphatic rings. The van der Waals surface area contributed by atoms with Crippen molar-refractivity contribution in [3.8, 4) is 0 Å². The van der Waals surface area contributed by atoms with Gasteiger partial charge in [-0.15, -0.1) is 0 Å². The predicted molar refractivity (Wildman–Crippen MR) is 104 cm³/mol. The first-order valence-electron chi connectivity index (χ1n) is 9.29. The standard InChI is InChI=1S/C19H31N3O3S/c1-15(2)21(4)26(24,25)18-7-5-6-17(14-18)19(23)22-12-9-16(10-13-22)8-11-20-3/h5-7,14-16,20H,8-13H2,1-4H3. The molecule has 0 atom stereocenters. The van der Waals surface area contributed by atoms with Crippen LogP contribution in [-0.2, 0) is 10.0 Å².